The van der Waals surface area contributed by atoms with Crippen LogP contribution in [0.25, 0.3) is 11.3 Å². The van der Waals surface area contributed by atoms with E-state index in [1.165, 1.54) is 6.07 Å². The van der Waals surface area contributed by atoms with Gasteiger partial charge in [-0.2, -0.15) is 0 Å². The first kappa shape index (κ1) is 12.3. The predicted octanol–water partition coefficient (Wildman–Crippen LogP) is 2.57. The molecule has 0 spiro atoms. The zero-order chi connectivity index (χ0) is 13.1. The van der Waals surface area contributed by atoms with Gasteiger partial charge in [0.05, 0.1) is 12.3 Å². The molecule has 18 heavy (non-hydrogen) atoms. The van der Waals surface area contributed by atoms with E-state index in [0.717, 1.165) is 5.69 Å². The third-order valence-electron chi connectivity index (χ3n) is 2.40. The number of rotatable bonds is 3. The van der Waals surface area contributed by atoms with Crippen LogP contribution < -0.4 is 10.5 Å². The molecule has 0 fully saturated rings. The fourth-order valence-corrected chi connectivity index (χ4v) is 1.67. The lowest BCUT2D eigenvalue weighted by atomic mass is 10.1. The molecule has 1 aromatic heterocycles. The van der Waals surface area contributed by atoms with Crippen molar-refractivity contribution >= 4 is 5.95 Å². The average molecular weight is 247 g/mol. The molecule has 0 aliphatic rings. The highest BCUT2D eigenvalue weighted by Gasteiger charge is 2.08. The van der Waals surface area contributed by atoms with Gasteiger partial charge < -0.3 is 10.5 Å². The standard InChI is InChI=1S/C13H14FN3O/c1-3-18-12-5-4-9(7-10(12)14)11-6-8(2)16-13(15)17-11/h4-7H,3H2,1-2H3,(H2,15,16,17). The summed E-state index contributed by atoms with van der Waals surface area (Å²) in [7, 11) is 0. The van der Waals surface area contributed by atoms with Gasteiger partial charge in [0.15, 0.2) is 11.6 Å². The van der Waals surface area contributed by atoms with E-state index in [-0.39, 0.29) is 11.7 Å². The highest BCUT2D eigenvalue weighted by atomic mass is 19.1. The van der Waals surface area contributed by atoms with Crippen LogP contribution >= 0.6 is 0 Å². The Kier molecular flexibility index (Phi) is 3.41. The van der Waals surface area contributed by atoms with E-state index < -0.39 is 5.82 Å². The van der Waals surface area contributed by atoms with Crippen molar-refractivity contribution < 1.29 is 9.13 Å². The van der Waals surface area contributed by atoms with E-state index in [9.17, 15) is 4.39 Å². The molecule has 1 aromatic carbocycles. The highest BCUT2D eigenvalue weighted by Crippen LogP contribution is 2.25. The molecule has 0 saturated carbocycles. The van der Waals surface area contributed by atoms with Crippen molar-refractivity contribution in [3.05, 3.63) is 35.8 Å². The van der Waals surface area contributed by atoms with Crippen molar-refractivity contribution in [2.24, 2.45) is 0 Å². The Morgan fingerprint density at radius 2 is 2.06 bits per heavy atom. The molecule has 4 nitrogen and oxygen atoms in total. The lowest BCUT2D eigenvalue weighted by Gasteiger charge is -2.07. The molecule has 2 N–H and O–H groups in total. The molecule has 2 aromatic rings. The van der Waals surface area contributed by atoms with Crippen LogP contribution in [0, 0.1) is 12.7 Å². The third-order valence-corrected chi connectivity index (χ3v) is 2.40. The minimum atomic E-state index is -0.413. The Labute approximate surface area is 105 Å². The summed E-state index contributed by atoms with van der Waals surface area (Å²) < 4.78 is 18.9. The zero-order valence-electron chi connectivity index (χ0n) is 10.3. The van der Waals surface area contributed by atoms with Gasteiger partial charge in [0.2, 0.25) is 5.95 Å². The summed E-state index contributed by atoms with van der Waals surface area (Å²) in [5, 5.41) is 0. The summed E-state index contributed by atoms with van der Waals surface area (Å²) in [6.07, 6.45) is 0. The first-order valence-corrected chi connectivity index (χ1v) is 5.64. The number of nitrogen functional groups attached to an aromatic ring is 1. The Hall–Kier alpha value is -2.17. The molecule has 0 bridgehead atoms. The van der Waals surface area contributed by atoms with Gasteiger partial charge in [-0.25, -0.2) is 14.4 Å². The predicted molar refractivity (Wildman–Crippen MR) is 67.7 cm³/mol. The molecule has 0 aliphatic carbocycles. The Morgan fingerprint density at radius 3 is 2.67 bits per heavy atom. The molecule has 0 saturated heterocycles. The highest BCUT2D eigenvalue weighted by molar-refractivity contribution is 5.61. The Morgan fingerprint density at radius 1 is 1.28 bits per heavy atom. The van der Waals surface area contributed by atoms with Gasteiger partial charge in [0, 0.05) is 11.3 Å². The fourth-order valence-electron chi connectivity index (χ4n) is 1.67. The molecular formula is C13H14FN3O. The van der Waals surface area contributed by atoms with E-state index in [2.05, 4.69) is 9.97 Å². The number of hydrogen-bond donors (Lipinski definition) is 1. The summed E-state index contributed by atoms with van der Waals surface area (Å²) in [6, 6.07) is 6.47. The smallest absolute Gasteiger partial charge is 0.220 e. The summed E-state index contributed by atoms with van der Waals surface area (Å²) in [5.41, 5.74) is 7.56. The van der Waals surface area contributed by atoms with Crippen LogP contribution in [0.4, 0.5) is 10.3 Å². The topological polar surface area (TPSA) is 61.0 Å². The molecule has 2 rings (SSSR count). The monoisotopic (exact) mass is 247 g/mol. The molecule has 1 heterocycles. The van der Waals surface area contributed by atoms with Crippen molar-refractivity contribution in [2.75, 3.05) is 12.3 Å². The van der Waals surface area contributed by atoms with Gasteiger partial charge in [-0.05, 0) is 38.1 Å². The molecule has 0 atom stereocenters. The first-order valence-electron chi connectivity index (χ1n) is 5.64. The van der Waals surface area contributed by atoms with Crippen molar-refractivity contribution in [1.29, 1.82) is 0 Å². The lowest BCUT2D eigenvalue weighted by Crippen LogP contribution is -1.99. The summed E-state index contributed by atoms with van der Waals surface area (Å²) >= 11 is 0. The molecule has 94 valence electrons. The number of aryl methyl sites for hydroxylation is 1. The number of anilines is 1. The number of benzene rings is 1. The Bertz CT molecular complexity index is 552. The minimum Gasteiger partial charge on any atom is -0.491 e. The van der Waals surface area contributed by atoms with Crippen molar-refractivity contribution in [3.8, 4) is 17.0 Å². The van der Waals surface area contributed by atoms with E-state index in [1.807, 2.05) is 13.8 Å². The summed E-state index contributed by atoms with van der Waals surface area (Å²) in [5.74, 6) is 0.00322. The fraction of sp³-hybridized carbons (Fsp3) is 0.231. The number of nitrogens with zero attached hydrogens (tertiary/aromatic N) is 2. The second kappa shape index (κ2) is 5.00. The summed E-state index contributed by atoms with van der Waals surface area (Å²) in [4.78, 5) is 8.06. The number of aromatic nitrogens is 2. The lowest BCUT2D eigenvalue weighted by molar-refractivity contribution is 0.321. The normalized spacial score (nSPS) is 10.4. The van der Waals surface area contributed by atoms with Crippen molar-refractivity contribution in [3.63, 3.8) is 0 Å². The van der Waals surface area contributed by atoms with Crippen molar-refractivity contribution in [2.45, 2.75) is 13.8 Å². The molecule has 0 aliphatic heterocycles. The van der Waals surface area contributed by atoms with E-state index in [0.29, 0.717) is 17.9 Å². The number of ether oxygens (including phenoxy) is 1. The maximum Gasteiger partial charge on any atom is 0.220 e. The van der Waals surface area contributed by atoms with Crippen LogP contribution in [0.15, 0.2) is 24.3 Å². The molecule has 0 unspecified atom stereocenters. The Balaban J connectivity index is 2.42. The van der Waals surface area contributed by atoms with E-state index in [4.69, 9.17) is 10.5 Å². The van der Waals surface area contributed by atoms with Crippen LogP contribution in [0.1, 0.15) is 12.6 Å². The number of halogens is 1. The molecule has 0 radical (unpaired) electrons. The second-order valence-electron chi connectivity index (χ2n) is 3.83. The van der Waals surface area contributed by atoms with Crippen LogP contribution in [0.5, 0.6) is 5.75 Å². The number of nitrogens with two attached hydrogens (primary N) is 1. The number of hydrogen-bond acceptors (Lipinski definition) is 4. The average Bonchev–Trinajstić information content (AvgIpc) is 2.30. The zero-order valence-corrected chi connectivity index (χ0v) is 10.3. The summed E-state index contributed by atoms with van der Waals surface area (Å²) in [6.45, 7) is 4.05. The van der Waals surface area contributed by atoms with E-state index >= 15 is 0 Å². The quantitative estimate of drug-likeness (QED) is 0.905. The molecular weight excluding hydrogens is 233 g/mol. The van der Waals surface area contributed by atoms with Crippen LogP contribution in [0.2, 0.25) is 0 Å². The molecule has 5 heteroatoms. The SMILES string of the molecule is CCOc1ccc(-c2cc(C)nc(N)n2)cc1F. The van der Waals surface area contributed by atoms with Crippen LogP contribution in [0.3, 0.4) is 0 Å². The van der Waals surface area contributed by atoms with Gasteiger partial charge in [0.25, 0.3) is 0 Å². The maximum absolute atomic E-state index is 13.7. The van der Waals surface area contributed by atoms with Crippen molar-refractivity contribution in [1.82, 2.24) is 9.97 Å². The first-order chi connectivity index (χ1) is 8.60. The van der Waals surface area contributed by atoms with Crippen LogP contribution in [-0.2, 0) is 0 Å². The van der Waals surface area contributed by atoms with E-state index in [1.54, 1.807) is 18.2 Å². The maximum atomic E-state index is 13.7. The third kappa shape index (κ3) is 2.56. The van der Waals surface area contributed by atoms with Gasteiger partial charge >= 0.3 is 0 Å². The van der Waals surface area contributed by atoms with Crippen LogP contribution in [-0.4, -0.2) is 16.6 Å². The largest absolute Gasteiger partial charge is 0.491 e. The second-order valence-corrected chi connectivity index (χ2v) is 3.83. The van der Waals surface area contributed by atoms with Gasteiger partial charge in [-0.15, -0.1) is 0 Å². The van der Waals surface area contributed by atoms with Gasteiger partial charge in [-0.3, -0.25) is 0 Å². The molecule has 0 amide bonds. The van der Waals surface area contributed by atoms with Gasteiger partial charge in [-0.1, -0.05) is 0 Å². The minimum absolute atomic E-state index is 0.180. The van der Waals surface area contributed by atoms with Gasteiger partial charge in [0.1, 0.15) is 0 Å².